The molecule has 0 spiro atoms. The van der Waals surface area contributed by atoms with Crippen molar-refractivity contribution in [2.45, 2.75) is 52.0 Å². The molecule has 2 N–H and O–H groups in total. The molecule has 0 saturated heterocycles. The van der Waals surface area contributed by atoms with E-state index in [1.165, 1.54) is 12.8 Å². The molecule has 1 aromatic heterocycles. The van der Waals surface area contributed by atoms with Gasteiger partial charge in [-0.3, -0.25) is 4.79 Å². The lowest BCUT2D eigenvalue weighted by molar-refractivity contribution is -0.127. The molecule has 7 heteroatoms. The van der Waals surface area contributed by atoms with Crippen molar-refractivity contribution in [3.63, 3.8) is 0 Å². The second-order valence-electron chi connectivity index (χ2n) is 7.71. The summed E-state index contributed by atoms with van der Waals surface area (Å²) in [4.78, 5) is 17.9. The van der Waals surface area contributed by atoms with E-state index in [9.17, 15) is 4.79 Å². The smallest absolute Gasteiger partial charge is 0.243 e. The summed E-state index contributed by atoms with van der Waals surface area (Å²) >= 11 is 0. The summed E-state index contributed by atoms with van der Waals surface area (Å²) in [6.07, 6.45) is 7.30. The molecule has 1 amide bonds. The Labute approximate surface area is 180 Å². The molecule has 27 heavy (non-hydrogen) atoms. The van der Waals surface area contributed by atoms with E-state index in [4.69, 9.17) is 4.42 Å². The Morgan fingerprint density at radius 1 is 1.30 bits per heavy atom. The highest BCUT2D eigenvalue weighted by atomic mass is 127. The second-order valence-corrected chi connectivity index (χ2v) is 7.71. The lowest BCUT2D eigenvalue weighted by Gasteiger charge is -2.32. The van der Waals surface area contributed by atoms with Crippen molar-refractivity contribution in [2.75, 3.05) is 27.2 Å². The first kappa shape index (κ1) is 23.8. The van der Waals surface area contributed by atoms with E-state index in [2.05, 4.69) is 29.5 Å². The van der Waals surface area contributed by atoms with E-state index in [0.717, 1.165) is 49.4 Å². The number of rotatable bonds is 7. The minimum absolute atomic E-state index is 0. The number of hydrogen-bond donors (Lipinski definition) is 2. The normalized spacial score (nSPS) is 20.1. The number of aliphatic imine (C=N–C) groups is 1. The maximum Gasteiger partial charge on any atom is 0.243 e. The Morgan fingerprint density at radius 3 is 2.56 bits per heavy atom. The van der Waals surface area contributed by atoms with Crippen LogP contribution in [0.15, 0.2) is 27.8 Å². The molecule has 0 atom stereocenters. The maximum atomic E-state index is 11.9. The van der Waals surface area contributed by atoms with Gasteiger partial charge < -0.3 is 20.0 Å². The molecule has 1 heterocycles. The van der Waals surface area contributed by atoms with Crippen LogP contribution < -0.4 is 10.6 Å². The van der Waals surface area contributed by atoms with E-state index >= 15 is 0 Å². The summed E-state index contributed by atoms with van der Waals surface area (Å²) in [7, 11) is 3.50. The summed E-state index contributed by atoms with van der Waals surface area (Å²) in [6.45, 7) is 5.50. The van der Waals surface area contributed by atoms with E-state index in [1.807, 2.05) is 12.1 Å². The Kier molecular flexibility index (Phi) is 10.8. The molecule has 0 aliphatic heterocycles. The van der Waals surface area contributed by atoms with Gasteiger partial charge in [-0.25, -0.2) is 4.99 Å². The fraction of sp³-hybridized carbons (Fsp3) is 0.700. The number of halogens is 1. The zero-order valence-corrected chi connectivity index (χ0v) is 19.4. The lowest BCUT2D eigenvalue weighted by Crippen LogP contribution is -2.46. The molecule has 1 aliphatic carbocycles. The molecule has 6 nitrogen and oxygen atoms in total. The van der Waals surface area contributed by atoms with E-state index in [1.54, 1.807) is 25.3 Å². The van der Waals surface area contributed by atoms with Gasteiger partial charge in [0.15, 0.2) is 5.96 Å². The molecular formula is C20H35IN4O2. The van der Waals surface area contributed by atoms with Gasteiger partial charge in [-0.15, -0.1) is 24.0 Å². The number of likely N-dealkylation sites (N-methyl/N-ethyl adjacent to an activating group) is 1. The average Bonchev–Trinajstić information content (AvgIpc) is 3.13. The minimum atomic E-state index is 0. The Bertz CT molecular complexity index is 565. The van der Waals surface area contributed by atoms with Gasteiger partial charge in [0.2, 0.25) is 5.91 Å². The molecule has 1 saturated carbocycles. The van der Waals surface area contributed by atoms with Gasteiger partial charge in [0.05, 0.1) is 6.26 Å². The van der Waals surface area contributed by atoms with Crippen molar-refractivity contribution in [1.29, 1.82) is 0 Å². The zero-order chi connectivity index (χ0) is 18.9. The molecule has 1 fully saturated rings. The fourth-order valence-corrected chi connectivity index (χ4v) is 3.32. The van der Waals surface area contributed by atoms with Crippen molar-refractivity contribution in [2.24, 2.45) is 16.8 Å². The number of guanidine groups is 1. The Morgan fingerprint density at radius 2 is 2.00 bits per heavy atom. The third-order valence-corrected chi connectivity index (χ3v) is 5.17. The molecule has 2 rings (SSSR count). The molecule has 0 unspecified atom stereocenters. The second kappa shape index (κ2) is 12.3. The SMILES string of the molecule is CC(C)C1CCC(NC(=NCC(=O)N(C)C)NCCc2ccco2)CC1.I. The van der Waals surface area contributed by atoms with Crippen LogP contribution in [-0.4, -0.2) is 50.0 Å². The largest absolute Gasteiger partial charge is 0.469 e. The molecule has 1 aliphatic rings. The van der Waals surface area contributed by atoms with Gasteiger partial charge in [0.1, 0.15) is 12.3 Å². The fourth-order valence-electron chi connectivity index (χ4n) is 3.32. The van der Waals surface area contributed by atoms with Crippen molar-refractivity contribution < 1.29 is 9.21 Å². The van der Waals surface area contributed by atoms with Crippen LogP contribution in [0.5, 0.6) is 0 Å². The predicted molar refractivity (Wildman–Crippen MR) is 121 cm³/mol. The zero-order valence-electron chi connectivity index (χ0n) is 17.0. The van der Waals surface area contributed by atoms with Crippen molar-refractivity contribution >= 4 is 35.8 Å². The first-order valence-corrected chi connectivity index (χ1v) is 9.73. The number of carbonyl (C=O) groups is 1. The van der Waals surface area contributed by atoms with E-state index in [0.29, 0.717) is 6.04 Å². The number of amides is 1. The van der Waals surface area contributed by atoms with E-state index < -0.39 is 0 Å². The summed E-state index contributed by atoms with van der Waals surface area (Å²) in [6, 6.07) is 4.29. The van der Waals surface area contributed by atoms with Gasteiger partial charge in [-0.1, -0.05) is 13.8 Å². The maximum absolute atomic E-state index is 11.9. The first-order valence-electron chi connectivity index (χ1n) is 9.73. The standard InChI is InChI=1S/C20H34N4O2.HI/c1-15(2)16-7-9-17(10-8-16)23-20(22-14-19(25)24(3)4)21-12-11-18-6-5-13-26-18;/h5-6,13,15-17H,7-12,14H2,1-4H3,(H2,21,22,23);1H. The monoisotopic (exact) mass is 490 g/mol. The predicted octanol–water partition coefficient (Wildman–Crippen LogP) is 3.28. The lowest BCUT2D eigenvalue weighted by atomic mass is 9.80. The summed E-state index contributed by atoms with van der Waals surface area (Å²) < 4.78 is 5.37. The Hall–Kier alpha value is -1.25. The van der Waals surface area contributed by atoms with Crippen LogP contribution in [0.2, 0.25) is 0 Å². The highest BCUT2D eigenvalue weighted by molar-refractivity contribution is 14.0. The van der Waals surface area contributed by atoms with E-state index in [-0.39, 0.29) is 36.4 Å². The van der Waals surface area contributed by atoms with Crippen LogP contribution in [-0.2, 0) is 11.2 Å². The third kappa shape index (κ3) is 8.53. The van der Waals surface area contributed by atoms with Gasteiger partial charge in [0, 0.05) is 33.1 Å². The molecular weight excluding hydrogens is 455 g/mol. The molecule has 1 aromatic rings. The van der Waals surface area contributed by atoms with Gasteiger partial charge in [-0.2, -0.15) is 0 Å². The van der Waals surface area contributed by atoms with Crippen LogP contribution in [0.25, 0.3) is 0 Å². The van der Waals surface area contributed by atoms with Crippen molar-refractivity contribution in [1.82, 2.24) is 15.5 Å². The number of nitrogens with zero attached hydrogens (tertiary/aromatic N) is 2. The average molecular weight is 490 g/mol. The van der Waals surface area contributed by atoms with Crippen LogP contribution in [0.3, 0.4) is 0 Å². The molecule has 0 aromatic carbocycles. The Balaban J connectivity index is 0.00000364. The van der Waals surface area contributed by atoms with Crippen molar-refractivity contribution in [3.05, 3.63) is 24.2 Å². The molecule has 0 bridgehead atoms. The van der Waals surface area contributed by atoms with Crippen LogP contribution in [0.1, 0.15) is 45.3 Å². The summed E-state index contributed by atoms with van der Waals surface area (Å²) in [5, 5.41) is 6.87. The van der Waals surface area contributed by atoms with Gasteiger partial charge in [-0.05, 0) is 49.7 Å². The molecule has 154 valence electrons. The highest BCUT2D eigenvalue weighted by Gasteiger charge is 2.23. The van der Waals surface area contributed by atoms with Gasteiger partial charge in [0.25, 0.3) is 0 Å². The topological polar surface area (TPSA) is 69.9 Å². The van der Waals surface area contributed by atoms with Crippen LogP contribution in [0, 0.1) is 11.8 Å². The number of nitrogens with one attached hydrogen (secondary N) is 2. The summed E-state index contributed by atoms with van der Waals surface area (Å²) in [5.74, 6) is 3.25. The minimum Gasteiger partial charge on any atom is -0.469 e. The third-order valence-electron chi connectivity index (χ3n) is 5.17. The van der Waals surface area contributed by atoms with Crippen LogP contribution in [0.4, 0.5) is 0 Å². The van der Waals surface area contributed by atoms with Gasteiger partial charge >= 0.3 is 0 Å². The van der Waals surface area contributed by atoms with Crippen molar-refractivity contribution in [3.8, 4) is 0 Å². The molecule has 0 radical (unpaired) electrons. The number of carbonyl (C=O) groups excluding carboxylic acids is 1. The summed E-state index contributed by atoms with van der Waals surface area (Å²) in [5.41, 5.74) is 0. The highest BCUT2D eigenvalue weighted by Crippen LogP contribution is 2.29. The number of hydrogen-bond acceptors (Lipinski definition) is 3. The quantitative estimate of drug-likeness (QED) is 0.350. The van der Waals surface area contributed by atoms with Crippen LogP contribution >= 0.6 is 24.0 Å². The number of furan rings is 1. The first-order chi connectivity index (χ1) is 12.5.